The third-order valence-electron chi connectivity index (χ3n) is 2.87. The number of nitrogens with zero attached hydrogens (tertiary/aromatic N) is 2. The van der Waals surface area contributed by atoms with Gasteiger partial charge in [-0.2, -0.15) is 0 Å². The maximum atomic E-state index is 11.7. The summed E-state index contributed by atoms with van der Waals surface area (Å²) in [6.07, 6.45) is 3.60. The zero-order valence-corrected chi connectivity index (χ0v) is 9.69. The summed E-state index contributed by atoms with van der Waals surface area (Å²) >= 11 is 0. The molecular weight excluding hydrogens is 200 g/mol. The van der Waals surface area contributed by atoms with Gasteiger partial charge in [0.1, 0.15) is 0 Å². The van der Waals surface area contributed by atoms with Crippen LogP contribution in [0.4, 0.5) is 0 Å². The Labute approximate surface area is 94.4 Å². The van der Waals surface area contributed by atoms with Gasteiger partial charge < -0.3 is 4.57 Å². The highest BCUT2D eigenvalue weighted by Crippen LogP contribution is 2.20. The van der Waals surface area contributed by atoms with Crippen LogP contribution in [0.3, 0.4) is 0 Å². The topological polar surface area (TPSA) is 34.9 Å². The van der Waals surface area contributed by atoms with E-state index < -0.39 is 0 Å². The van der Waals surface area contributed by atoms with Gasteiger partial charge in [0, 0.05) is 30.6 Å². The standard InChI is InChI=1S/C13H14N2O/c1-9-10(2)13(16)15(3)8-11(9)12-6-4-5-7-14-12/h4-8H,1-3H3. The average molecular weight is 214 g/mol. The third kappa shape index (κ3) is 1.65. The minimum absolute atomic E-state index is 0.0529. The lowest BCUT2D eigenvalue weighted by molar-refractivity contribution is 0.844. The first-order valence-corrected chi connectivity index (χ1v) is 5.19. The Balaban J connectivity index is 2.73. The molecule has 2 aromatic rings. The fraction of sp³-hybridized carbons (Fsp3) is 0.231. The van der Waals surface area contributed by atoms with Crippen molar-refractivity contribution in [1.29, 1.82) is 0 Å². The number of rotatable bonds is 1. The van der Waals surface area contributed by atoms with Gasteiger partial charge in [-0.3, -0.25) is 9.78 Å². The number of aryl methyl sites for hydroxylation is 1. The van der Waals surface area contributed by atoms with Gasteiger partial charge in [0.2, 0.25) is 0 Å². The molecule has 0 atom stereocenters. The molecule has 16 heavy (non-hydrogen) atoms. The second-order valence-corrected chi connectivity index (χ2v) is 3.92. The normalized spacial score (nSPS) is 10.4. The molecule has 0 spiro atoms. The zero-order chi connectivity index (χ0) is 11.7. The Kier molecular flexibility index (Phi) is 2.60. The summed E-state index contributed by atoms with van der Waals surface area (Å²) in [6.45, 7) is 3.81. The van der Waals surface area contributed by atoms with E-state index in [4.69, 9.17) is 0 Å². The predicted molar refractivity (Wildman–Crippen MR) is 64.4 cm³/mol. The fourth-order valence-corrected chi connectivity index (χ4v) is 1.76. The van der Waals surface area contributed by atoms with Crippen LogP contribution in [0.5, 0.6) is 0 Å². The van der Waals surface area contributed by atoms with E-state index in [1.54, 1.807) is 17.8 Å². The molecular formula is C13H14N2O. The summed E-state index contributed by atoms with van der Waals surface area (Å²) in [7, 11) is 1.77. The summed E-state index contributed by atoms with van der Waals surface area (Å²) in [4.78, 5) is 16.0. The van der Waals surface area contributed by atoms with Crippen molar-refractivity contribution in [2.24, 2.45) is 7.05 Å². The molecule has 0 unspecified atom stereocenters. The SMILES string of the molecule is Cc1c(-c2ccccn2)cn(C)c(=O)c1C. The molecule has 2 aromatic heterocycles. The average Bonchev–Trinajstić information content (AvgIpc) is 2.32. The molecule has 0 saturated carbocycles. The maximum absolute atomic E-state index is 11.7. The van der Waals surface area contributed by atoms with Crippen molar-refractivity contribution in [1.82, 2.24) is 9.55 Å². The Morgan fingerprint density at radius 3 is 2.56 bits per heavy atom. The van der Waals surface area contributed by atoms with Gasteiger partial charge in [-0.15, -0.1) is 0 Å². The minimum atomic E-state index is 0.0529. The number of pyridine rings is 2. The van der Waals surface area contributed by atoms with Gasteiger partial charge in [0.15, 0.2) is 0 Å². The number of aromatic nitrogens is 2. The lowest BCUT2D eigenvalue weighted by Gasteiger charge is -2.10. The van der Waals surface area contributed by atoms with Crippen LogP contribution in [-0.2, 0) is 7.05 Å². The van der Waals surface area contributed by atoms with Gasteiger partial charge in [-0.1, -0.05) is 6.07 Å². The largest absolute Gasteiger partial charge is 0.318 e. The summed E-state index contributed by atoms with van der Waals surface area (Å²) in [5, 5.41) is 0. The van der Waals surface area contributed by atoms with Crippen LogP contribution < -0.4 is 5.56 Å². The molecule has 0 bridgehead atoms. The first-order chi connectivity index (χ1) is 7.61. The van der Waals surface area contributed by atoms with Crippen LogP contribution in [0.1, 0.15) is 11.1 Å². The zero-order valence-electron chi connectivity index (χ0n) is 9.69. The quantitative estimate of drug-likeness (QED) is 0.728. The van der Waals surface area contributed by atoms with Crippen molar-refractivity contribution in [3.8, 4) is 11.3 Å². The van der Waals surface area contributed by atoms with Gasteiger partial charge >= 0.3 is 0 Å². The van der Waals surface area contributed by atoms with Crippen molar-refractivity contribution in [2.75, 3.05) is 0 Å². The van der Waals surface area contributed by atoms with Gasteiger partial charge in [0.25, 0.3) is 5.56 Å². The smallest absolute Gasteiger partial charge is 0.253 e. The van der Waals surface area contributed by atoms with Crippen LogP contribution in [0.15, 0.2) is 35.4 Å². The fourth-order valence-electron chi connectivity index (χ4n) is 1.76. The molecule has 0 aliphatic rings. The van der Waals surface area contributed by atoms with E-state index in [1.165, 1.54) is 0 Å². The van der Waals surface area contributed by atoms with Crippen molar-refractivity contribution in [3.05, 3.63) is 52.1 Å². The third-order valence-corrected chi connectivity index (χ3v) is 2.87. The second-order valence-electron chi connectivity index (χ2n) is 3.92. The van der Waals surface area contributed by atoms with E-state index >= 15 is 0 Å². The summed E-state index contributed by atoms with van der Waals surface area (Å²) in [6, 6.07) is 5.78. The van der Waals surface area contributed by atoms with Crippen molar-refractivity contribution >= 4 is 0 Å². The number of hydrogen-bond acceptors (Lipinski definition) is 2. The lowest BCUT2D eigenvalue weighted by atomic mass is 10.0. The van der Waals surface area contributed by atoms with E-state index in [0.717, 1.165) is 22.4 Å². The Hall–Kier alpha value is -1.90. The molecule has 0 amide bonds. The van der Waals surface area contributed by atoms with E-state index in [-0.39, 0.29) is 5.56 Å². The lowest BCUT2D eigenvalue weighted by Crippen LogP contribution is -2.20. The Morgan fingerprint density at radius 2 is 1.94 bits per heavy atom. The molecule has 0 fully saturated rings. The second kappa shape index (κ2) is 3.93. The summed E-state index contributed by atoms with van der Waals surface area (Å²) < 4.78 is 1.60. The molecule has 82 valence electrons. The van der Waals surface area contributed by atoms with Gasteiger partial charge in [-0.25, -0.2) is 0 Å². The van der Waals surface area contributed by atoms with Crippen molar-refractivity contribution in [3.63, 3.8) is 0 Å². The highest BCUT2D eigenvalue weighted by atomic mass is 16.1. The summed E-state index contributed by atoms with van der Waals surface area (Å²) in [5.74, 6) is 0. The molecule has 2 rings (SSSR count). The molecule has 0 N–H and O–H groups in total. The van der Waals surface area contributed by atoms with Crippen molar-refractivity contribution < 1.29 is 0 Å². The van der Waals surface area contributed by atoms with Crippen LogP contribution in [0.25, 0.3) is 11.3 Å². The van der Waals surface area contributed by atoms with Crippen LogP contribution in [0.2, 0.25) is 0 Å². The van der Waals surface area contributed by atoms with E-state index in [0.29, 0.717) is 0 Å². The summed E-state index contributed by atoms with van der Waals surface area (Å²) in [5.41, 5.74) is 3.75. The van der Waals surface area contributed by atoms with E-state index in [9.17, 15) is 4.79 Å². The first kappa shape index (κ1) is 10.6. The number of hydrogen-bond donors (Lipinski definition) is 0. The van der Waals surface area contributed by atoms with Crippen LogP contribution >= 0.6 is 0 Å². The predicted octanol–water partition coefficient (Wildman–Crippen LogP) is 2.06. The Morgan fingerprint density at radius 1 is 1.19 bits per heavy atom. The van der Waals surface area contributed by atoms with E-state index in [1.807, 2.05) is 38.2 Å². The molecule has 0 aliphatic carbocycles. The van der Waals surface area contributed by atoms with Crippen molar-refractivity contribution in [2.45, 2.75) is 13.8 Å². The molecule has 0 aromatic carbocycles. The molecule has 0 aliphatic heterocycles. The molecule has 0 saturated heterocycles. The van der Waals surface area contributed by atoms with Crippen LogP contribution in [-0.4, -0.2) is 9.55 Å². The molecule has 3 nitrogen and oxygen atoms in total. The van der Waals surface area contributed by atoms with Gasteiger partial charge in [0.05, 0.1) is 5.69 Å². The molecule has 0 radical (unpaired) electrons. The van der Waals surface area contributed by atoms with Gasteiger partial charge in [-0.05, 0) is 31.5 Å². The highest BCUT2D eigenvalue weighted by Gasteiger charge is 2.09. The minimum Gasteiger partial charge on any atom is -0.318 e. The Bertz CT molecular complexity index is 570. The first-order valence-electron chi connectivity index (χ1n) is 5.19. The molecule has 2 heterocycles. The maximum Gasteiger partial charge on any atom is 0.253 e. The van der Waals surface area contributed by atoms with E-state index in [2.05, 4.69) is 4.98 Å². The monoisotopic (exact) mass is 214 g/mol. The van der Waals surface area contributed by atoms with Crippen LogP contribution in [0, 0.1) is 13.8 Å². The molecule has 3 heteroatoms. The highest BCUT2D eigenvalue weighted by molar-refractivity contribution is 5.63.